The molecule has 0 rings (SSSR count). The summed E-state index contributed by atoms with van der Waals surface area (Å²) < 4.78 is 30.8. The van der Waals surface area contributed by atoms with Gasteiger partial charge < -0.3 is 4.74 Å². The number of carbonyl (C=O) groups excluding carboxylic acids is 1. The van der Waals surface area contributed by atoms with Crippen LogP contribution >= 0.6 is 0 Å². The summed E-state index contributed by atoms with van der Waals surface area (Å²) in [7, 11) is -3.85. The zero-order valence-corrected chi connectivity index (χ0v) is 8.46. The van der Waals surface area contributed by atoms with Crippen LogP contribution in [0.2, 0.25) is 0 Å². The standard InChI is InChI=1S/C8H12O5S/c1-3-5-12-8(9)7-14(10,11)13-6-4-2/h3-4H,1-2,5-7H2. The first-order chi connectivity index (χ1) is 6.52. The third-order valence-electron chi connectivity index (χ3n) is 1.02. The number of hydrogen-bond donors (Lipinski definition) is 0. The zero-order chi connectivity index (χ0) is 11.0. The molecule has 0 heterocycles. The minimum absolute atomic E-state index is 0.0180. The summed E-state index contributed by atoms with van der Waals surface area (Å²) in [5.41, 5.74) is 0. The van der Waals surface area contributed by atoms with Gasteiger partial charge in [0, 0.05) is 0 Å². The van der Waals surface area contributed by atoms with Crippen molar-refractivity contribution in [3.05, 3.63) is 25.3 Å². The molecule has 0 aromatic carbocycles. The first kappa shape index (κ1) is 12.9. The van der Waals surface area contributed by atoms with Gasteiger partial charge in [0.25, 0.3) is 10.1 Å². The lowest BCUT2D eigenvalue weighted by molar-refractivity contribution is -0.139. The number of ether oxygens (including phenoxy) is 1. The molecule has 0 aliphatic rings. The van der Waals surface area contributed by atoms with E-state index < -0.39 is 21.8 Å². The van der Waals surface area contributed by atoms with Crippen LogP contribution in [0.5, 0.6) is 0 Å². The van der Waals surface area contributed by atoms with E-state index in [9.17, 15) is 13.2 Å². The number of hydrogen-bond acceptors (Lipinski definition) is 5. The van der Waals surface area contributed by atoms with Gasteiger partial charge in [0.05, 0.1) is 6.61 Å². The largest absolute Gasteiger partial charge is 0.461 e. The molecule has 0 spiro atoms. The van der Waals surface area contributed by atoms with Crippen LogP contribution < -0.4 is 0 Å². The minimum Gasteiger partial charge on any atom is -0.461 e. The molecule has 0 N–H and O–H groups in total. The first-order valence-electron chi connectivity index (χ1n) is 3.76. The predicted octanol–water partition coefficient (Wildman–Crippen LogP) is 0.248. The van der Waals surface area contributed by atoms with Gasteiger partial charge in [-0.25, -0.2) is 0 Å². The molecule has 80 valence electrons. The highest BCUT2D eigenvalue weighted by atomic mass is 32.2. The second-order valence-corrected chi connectivity index (χ2v) is 3.89. The maximum atomic E-state index is 11.0. The molecule has 0 aromatic heterocycles. The Kier molecular flexibility index (Phi) is 5.82. The summed E-state index contributed by atoms with van der Waals surface area (Å²) in [6.07, 6.45) is 2.61. The third kappa shape index (κ3) is 6.38. The summed E-state index contributed by atoms with van der Waals surface area (Å²) in [6.45, 7) is 6.41. The quantitative estimate of drug-likeness (QED) is 0.349. The normalized spacial score (nSPS) is 10.6. The molecule has 0 bridgehead atoms. The Bertz CT molecular complexity index is 304. The lowest BCUT2D eigenvalue weighted by atomic mass is 10.7. The van der Waals surface area contributed by atoms with E-state index in [1.54, 1.807) is 0 Å². The van der Waals surface area contributed by atoms with Gasteiger partial charge >= 0.3 is 5.97 Å². The number of esters is 1. The molecule has 0 radical (unpaired) electrons. The first-order valence-corrected chi connectivity index (χ1v) is 5.34. The van der Waals surface area contributed by atoms with E-state index in [0.29, 0.717) is 0 Å². The zero-order valence-electron chi connectivity index (χ0n) is 7.64. The summed E-state index contributed by atoms with van der Waals surface area (Å²) >= 11 is 0. The van der Waals surface area contributed by atoms with Crippen LogP contribution in [0, 0.1) is 0 Å². The molecular weight excluding hydrogens is 208 g/mol. The van der Waals surface area contributed by atoms with Gasteiger partial charge in [0.2, 0.25) is 0 Å². The highest BCUT2D eigenvalue weighted by Gasteiger charge is 2.17. The molecule has 0 saturated heterocycles. The number of rotatable bonds is 7. The Balaban J connectivity index is 4.01. The van der Waals surface area contributed by atoms with E-state index >= 15 is 0 Å². The van der Waals surface area contributed by atoms with Crippen molar-refractivity contribution >= 4 is 16.1 Å². The van der Waals surface area contributed by atoms with Crippen molar-refractivity contribution in [2.45, 2.75) is 0 Å². The molecule has 0 atom stereocenters. The van der Waals surface area contributed by atoms with Crippen molar-refractivity contribution in [3.8, 4) is 0 Å². The fourth-order valence-corrected chi connectivity index (χ4v) is 1.29. The van der Waals surface area contributed by atoms with Crippen molar-refractivity contribution in [1.82, 2.24) is 0 Å². The van der Waals surface area contributed by atoms with Gasteiger partial charge in [-0.15, -0.1) is 6.58 Å². The van der Waals surface area contributed by atoms with Crippen molar-refractivity contribution < 1.29 is 22.1 Å². The van der Waals surface area contributed by atoms with E-state index in [4.69, 9.17) is 0 Å². The second-order valence-electron chi connectivity index (χ2n) is 2.25. The van der Waals surface area contributed by atoms with Gasteiger partial charge in [0.1, 0.15) is 6.61 Å². The average Bonchev–Trinajstić information content (AvgIpc) is 2.11. The molecule has 0 aliphatic heterocycles. The van der Waals surface area contributed by atoms with Gasteiger partial charge in [-0.05, 0) is 0 Å². The van der Waals surface area contributed by atoms with E-state index in [1.807, 2.05) is 0 Å². The molecule has 0 unspecified atom stereocenters. The van der Waals surface area contributed by atoms with Crippen molar-refractivity contribution in [1.29, 1.82) is 0 Å². The maximum Gasteiger partial charge on any atom is 0.323 e. The molecule has 0 fully saturated rings. The van der Waals surface area contributed by atoms with Gasteiger partial charge in [0.15, 0.2) is 5.75 Å². The predicted molar refractivity (Wildman–Crippen MR) is 51.1 cm³/mol. The van der Waals surface area contributed by atoms with E-state index in [1.165, 1.54) is 12.2 Å². The Morgan fingerprint density at radius 2 is 1.79 bits per heavy atom. The van der Waals surface area contributed by atoms with E-state index in [-0.39, 0.29) is 13.2 Å². The van der Waals surface area contributed by atoms with Gasteiger partial charge in [-0.3, -0.25) is 8.98 Å². The third-order valence-corrected chi connectivity index (χ3v) is 2.11. The fourth-order valence-electron chi connectivity index (χ4n) is 0.531. The van der Waals surface area contributed by atoms with Crippen molar-refractivity contribution in [2.24, 2.45) is 0 Å². The Labute approximate surface area is 83.1 Å². The number of carbonyl (C=O) groups is 1. The van der Waals surface area contributed by atoms with Crippen LogP contribution in [0.1, 0.15) is 0 Å². The molecule has 5 nitrogen and oxygen atoms in total. The molecule has 0 amide bonds. The minimum atomic E-state index is -3.85. The maximum absolute atomic E-state index is 11.0. The lowest BCUT2D eigenvalue weighted by Crippen LogP contribution is -2.20. The molecule has 6 heteroatoms. The molecule has 0 saturated carbocycles. The fraction of sp³-hybridized carbons (Fsp3) is 0.375. The van der Waals surface area contributed by atoms with Crippen LogP contribution in [-0.2, 0) is 23.8 Å². The van der Waals surface area contributed by atoms with Crippen LogP contribution in [0.15, 0.2) is 25.3 Å². The molecule has 0 aliphatic carbocycles. The lowest BCUT2D eigenvalue weighted by Gasteiger charge is -2.02. The smallest absolute Gasteiger partial charge is 0.323 e. The van der Waals surface area contributed by atoms with Crippen LogP contribution in [0.3, 0.4) is 0 Å². The van der Waals surface area contributed by atoms with Crippen LogP contribution in [0.4, 0.5) is 0 Å². The van der Waals surface area contributed by atoms with E-state index in [2.05, 4.69) is 22.1 Å². The monoisotopic (exact) mass is 220 g/mol. The summed E-state index contributed by atoms with van der Waals surface area (Å²) in [5.74, 6) is -1.66. The van der Waals surface area contributed by atoms with Crippen molar-refractivity contribution in [2.75, 3.05) is 19.0 Å². The SMILES string of the molecule is C=CCOC(=O)CS(=O)(=O)OCC=C. The van der Waals surface area contributed by atoms with E-state index in [0.717, 1.165) is 0 Å². The Morgan fingerprint density at radius 3 is 2.29 bits per heavy atom. The Hall–Kier alpha value is -1.14. The Morgan fingerprint density at radius 1 is 1.21 bits per heavy atom. The van der Waals surface area contributed by atoms with Crippen molar-refractivity contribution in [3.63, 3.8) is 0 Å². The summed E-state index contributed by atoms with van der Waals surface area (Å²) in [5, 5.41) is 0. The molecular formula is C8H12O5S. The summed E-state index contributed by atoms with van der Waals surface area (Å²) in [4.78, 5) is 10.8. The highest BCUT2D eigenvalue weighted by Crippen LogP contribution is 1.95. The summed E-state index contributed by atoms with van der Waals surface area (Å²) in [6, 6.07) is 0. The topological polar surface area (TPSA) is 69.7 Å². The van der Waals surface area contributed by atoms with Crippen LogP contribution in [-0.4, -0.2) is 33.4 Å². The molecule has 14 heavy (non-hydrogen) atoms. The highest BCUT2D eigenvalue weighted by molar-refractivity contribution is 7.87. The van der Waals surface area contributed by atoms with Gasteiger partial charge in [-0.1, -0.05) is 18.7 Å². The van der Waals surface area contributed by atoms with Crippen LogP contribution in [0.25, 0.3) is 0 Å². The average molecular weight is 220 g/mol. The molecule has 0 aromatic rings. The van der Waals surface area contributed by atoms with Gasteiger partial charge in [-0.2, -0.15) is 8.42 Å². The second kappa shape index (κ2) is 6.33.